The third-order valence-corrected chi connectivity index (χ3v) is 7.20. The molecule has 3 aromatic rings. The summed E-state index contributed by atoms with van der Waals surface area (Å²) in [5.74, 6) is -1.84. The molecule has 2 aromatic carbocycles. The monoisotopic (exact) mass is 594 g/mol. The molecule has 0 amide bonds. The second kappa shape index (κ2) is 11.6. The van der Waals surface area contributed by atoms with Crippen molar-refractivity contribution in [2.45, 2.75) is 68.3 Å². The summed E-state index contributed by atoms with van der Waals surface area (Å²) in [6, 6.07) is 7.43. The maximum absolute atomic E-state index is 13.5. The molecule has 2 aliphatic heterocycles. The van der Waals surface area contributed by atoms with E-state index < -0.39 is 84.9 Å². The molecular weight excluding hydrogens is 564 g/mol. The molecule has 228 valence electrons. The highest BCUT2D eigenvalue weighted by molar-refractivity contribution is 5.88. The quantitative estimate of drug-likeness (QED) is 0.159. The predicted molar refractivity (Wildman–Crippen MR) is 139 cm³/mol. The lowest BCUT2D eigenvalue weighted by Crippen LogP contribution is -2.64. The lowest BCUT2D eigenvalue weighted by molar-refractivity contribution is -0.348. The first-order chi connectivity index (χ1) is 19.9. The molecule has 9 N–H and O–H groups in total. The first kappa shape index (κ1) is 30.0. The Morgan fingerprint density at radius 3 is 2.14 bits per heavy atom. The van der Waals surface area contributed by atoms with Crippen LogP contribution in [0.15, 0.2) is 45.6 Å². The van der Waals surface area contributed by atoms with E-state index in [1.54, 1.807) is 0 Å². The highest BCUT2D eigenvalue weighted by atomic mass is 16.7. The van der Waals surface area contributed by atoms with Crippen molar-refractivity contribution in [1.29, 1.82) is 0 Å². The topological polar surface area (TPSA) is 249 Å². The number of phenolic OH excluding ortho intramolecular Hbond substituents is 3. The third-order valence-electron chi connectivity index (χ3n) is 7.20. The van der Waals surface area contributed by atoms with Crippen molar-refractivity contribution in [1.82, 2.24) is 0 Å². The van der Waals surface area contributed by atoms with Crippen LogP contribution in [0.25, 0.3) is 22.3 Å². The van der Waals surface area contributed by atoms with Crippen molar-refractivity contribution in [2.75, 3.05) is 6.61 Å². The van der Waals surface area contributed by atoms with Gasteiger partial charge in [-0.05, 0) is 31.2 Å². The van der Waals surface area contributed by atoms with E-state index in [-0.39, 0.29) is 33.8 Å². The summed E-state index contributed by atoms with van der Waals surface area (Å²) in [7, 11) is 0. The zero-order valence-electron chi connectivity index (χ0n) is 21.9. The second-order valence-corrected chi connectivity index (χ2v) is 10.1. The van der Waals surface area contributed by atoms with E-state index in [4.69, 9.17) is 23.4 Å². The van der Waals surface area contributed by atoms with Gasteiger partial charge in [0.2, 0.25) is 17.5 Å². The van der Waals surface area contributed by atoms with Crippen LogP contribution in [0.1, 0.15) is 6.92 Å². The van der Waals surface area contributed by atoms with E-state index in [2.05, 4.69) is 0 Å². The molecule has 1 aromatic heterocycles. The van der Waals surface area contributed by atoms with E-state index in [9.17, 15) is 50.8 Å². The Balaban J connectivity index is 1.45. The van der Waals surface area contributed by atoms with Gasteiger partial charge in [-0.25, -0.2) is 0 Å². The molecule has 0 unspecified atom stereocenters. The third kappa shape index (κ3) is 5.37. The van der Waals surface area contributed by atoms with Gasteiger partial charge in [0, 0.05) is 17.7 Å². The average molecular weight is 595 g/mol. The minimum Gasteiger partial charge on any atom is -0.508 e. The Hall–Kier alpha value is -3.51. The van der Waals surface area contributed by atoms with E-state index in [1.807, 2.05) is 0 Å². The molecule has 2 aliphatic rings. The Bertz CT molecular complexity index is 1470. The van der Waals surface area contributed by atoms with Gasteiger partial charge in [0.1, 0.15) is 70.9 Å². The number of benzene rings is 2. The van der Waals surface area contributed by atoms with Crippen molar-refractivity contribution in [3.63, 3.8) is 0 Å². The van der Waals surface area contributed by atoms with Crippen molar-refractivity contribution < 1.29 is 69.3 Å². The second-order valence-electron chi connectivity index (χ2n) is 10.1. The first-order valence-corrected chi connectivity index (χ1v) is 12.9. The molecule has 0 radical (unpaired) electrons. The van der Waals surface area contributed by atoms with Crippen LogP contribution in [0, 0.1) is 0 Å². The predicted octanol–water partition coefficient (Wildman–Crippen LogP) is -1.39. The van der Waals surface area contributed by atoms with E-state index >= 15 is 0 Å². The number of ether oxygens (including phenoxy) is 4. The number of aliphatic hydroxyl groups excluding tert-OH is 6. The highest BCUT2D eigenvalue weighted by Crippen LogP contribution is 2.38. The minimum atomic E-state index is -1.88. The Morgan fingerprint density at radius 2 is 1.48 bits per heavy atom. The van der Waals surface area contributed by atoms with Gasteiger partial charge >= 0.3 is 0 Å². The fourth-order valence-electron chi connectivity index (χ4n) is 4.92. The summed E-state index contributed by atoms with van der Waals surface area (Å²) in [5.41, 5.74) is -0.874. The number of fused-ring (bicyclic) bond motifs is 1. The van der Waals surface area contributed by atoms with Crippen molar-refractivity contribution >= 4 is 11.0 Å². The van der Waals surface area contributed by atoms with Crippen LogP contribution in [0.5, 0.6) is 23.0 Å². The summed E-state index contributed by atoms with van der Waals surface area (Å²) >= 11 is 0. The molecule has 0 aliphatic carbocycles. The van der Waals surface area contributed by atoms with Gasteiger partial charge in [0.15, 0.2) is 12.1 Å². The van der Waals surface area contributed by atoms with Gasteiger partial charge in [-0.2, -0.15) is 0 Å². The van der Waals surface area contributed by atoms with Crippen LogP contribution in [0.4, 0.5) is 0 Å². The van der Waals surface area contributed by atoms with Gasteiger partial charge in [0.05, 0.1) is 12.7 Å². The lowest BCUT2D eigenvalue weighted by atomic mass is 9.97. The number of phenols is 3. The van der Waals surface area contributed by atoms with E-state index in [0.717, 1.165) is 12.1 Å². The standard InChI is InChI=1S/C27H30O15/c1-9-23(41-27-21(36)19(34)17(32)15(8-28)40-27)20(35)22(37)26(38-9)42-25-18(33)16-13(31)6-12(30)7-14(16)39-24(25)10-2-4-11(29)5-3-10/h2-7,9,15,17,19-23,26-32,34-37H,8H2,1H3/t9-,15+,17+,19-,20+,21+,22+,23+,26+,27-/m0/s1. The number of aliphatic hydroxyl groups is 6. The normalized spacial score (nSPS) is 33.5. The van der Waals surface area contributed by atoms with Gasteiger partial charge in [0.25, 0.3) is 0 Å². The molecule has 15 nitrogen and oxygen atoms in total. The van der Waals surface area contributed by atoms with Crippen LogP contribution in [0.3, 0.4) is 0 Å². The fraction of sp³-hybridized carbons (Fsp3) is 0.444. The SMILES string of the molecule is C[C@@H]1O[C@H](Oc2c(-c3ccc(O)cc3)oc3cc(O)cc(O)c3c2=O)[C@H](O)[C@@H](O)[C@@H]1O[C@@H]1O[C@H](CO)[C@@H](O)[C@H](O)[C@H]1O. The number of aromatic hydroxyl groups is 3. The number of rotatable bonds is 6. The molecule has 2 saturated heterocycles. The summed E-state index contributed by atoms with van der Waals surface area (Å²) in [5, 5.41) is 91.2. The minimum absolute atomic E-state index is 0.0898. The van der Waals surface area contributed by atoms with Gasteiger partial charge < -0.3 is 69.3 Å². The van der Waals surface area contributed by atoms with Crippen LogP contribution >= 0.6 is 0 Å². The fourth-order valence-corrected chi connectivity index (χ4v) is 4.92. The lowest BCUT2D eigenvalue weighted by Gasteiger charge is -2.45. The molecule has 0 saturated carbocycles. The summed E-state index contributed by atoms with van der Waals surface area (Å²) in [6.45, 7) is 0.702. The van der Waals surface area contributed by atoms with Crippen molar-refractivity contribution in [3.05, 3.63) is 46.6 Å². The number of hydrogen-bond donors (Lipinski definition) is 9. The van der Waals surface area contributed by atoms with Crippen LogP contribution in [0.2, 0.25) is 0 Å². The average Bonchev–Trinajstić information content (AvgIpc) is 2.95. The zero-order valence-corrected chi connectivity index (χ0v) is 21.9. The zero-order chi connectivity index (χ0) is 30.5. The summed E-state index contributed by atoms with van der Waals surface area (Å²) in [4.78, 5) is 13.5. The van der Waals surface area contributed by atoms with Crippen molar-refractivity contribution in [2.24, 2.45) is 0 Å². The van der Waals surface area contributed by atoms with Gasteiger partial charge in [-0.3, -0.25) is 4.79 Å². The molecule has 42 heavy (non-hydrogen) atoms. The Morgan fingerprint density at radius 1 is 0.810 bits per heavy atom. The molecule has 0 bridgehead atoms. The molecule has 3 heterocycles. The van der Waals surface area contributed by atoms with Crippen LogP contribution in [-0.4, -0.2) is 114 Å². The van der Waals surface area contributed by atoms with Gasteiger partial charge in [-0.15, -0.1) is 0 Å². The van der Waals surface area contributed by atoms with Gasteiger partial charge in [-0.1, -0.05) is 0 Å². The first-order valence-electron chi connectivity index (χ1n) is 12.9. The largest absolute Gasteiger partial charge is 0.508 e. The molecule has 15 heteroatoms. The molecular formula is C27H30O15. The maximum Gasteiger partial charge on any atom is 0.239 e. The molecule has 10 atom stereocenters. The number of hydrogen-bond acceptors (Lipinski definition) is 15. The summed E-state index contributed by atoms with van der Waals surface area (Å²) < 4.78 is 28.2. The molecule has 5 rings (SSSR count). The molecule has 2 fully saturated rings. The van der Waals surface area contributed by atoms with Crippen LogP contribution in [-0.2, 0) is 14.2 Å². The Kier molecular flexibility index (Phi) is 8.30. The summed E-state index contributed by atoms with van der Waals surface area (Å²) in [6.07, 6.45) is -15.9. The van der Waals surface area contributed by atoms with Crippen LogP contribution < -0.4 is 10.2 Å². The van der Waals surface area contributed by atoms with E-state index in [0.29, 0.717) is 0 Å². The molecule has 0 spiro atoms. The maximum atomic E-state index is 13.5. The smallest absolute Gasteiger partial charge is 0.239 e. The van der Waals surface area contributed by atoms with E-state index in [1.165, 1.54) is 31.2 Å². The highest BCUT2D eigenvalue weighted by Gasteiger charge is 2.50. The van der Waals surface area contributed by atoms with Crippen molar-refractivity contribution in [3.8, 4) is 34.3 Å². The Labute approximate surface area is 236 Å².